The third kappa shape index (κ3) is 4.93. The van der Waals surface area contributed by atoms with Gasteiger partial charge in [0, 0.05) is 35.2 Å². The van der Waals surface area contributed by atoms with Crippen molar-refractivity contribution in [2.45, 2.75) is 19.4 Å². The number of aromatic nitrogens is 1. The first kappa shape index (κ1) is 22.3. The van der Waals surface area contributed by atoms with Crippen molar-refractivity contribution in [3.05, 3.63) is 57.9 Å². The van der Waals surface area contributed by atoms with Gasteiger partial charge in [-0.3, -0.25) is 14.5 Å². The van der Waals surface area contributed by atoms with E-state index in [0.29, 0.717) is 28.8 Å². The van der Waals surface area contributed by atoms with Crippen LogP contribution in [-0.4, -0.2) is 43.2 Å². The second kappa shape index (κ2) is 9.68. The first-order valence-electron chi connectivity index (χ1n) is 10.1. The highest BCUT2D eigenvalue weighted by molar-refractivity contribution is 7.09. The molecule has 0 bridgehead atoms. The zero-order valence-electron chi connectivity index (χ0n) is 17.6. The van der Waals surface area contributed by atoms with Crippen LogP contribution in [0.4, 0.5) is 11.4 Å². The van der Waals surface area contributed by atoms with E-state index in [1.165, 1.54) is 4.90 Å². The molecule has 32 heavy (non-hydrogen) atoms. The van der Waals surface area contributed by atoms with Crippen LogP contribution in [0.2, 0.25) is 5.02 Å². The number of ether oxygens (including phenoxy) is 2. The van der Waals surface area contributed by atoms with Crippen molar-refractivity contribution in [1.29, 1.82) is 0 Å². The number of thiazole rings is 1. The second-order valence-corrected chi connectivity index (χ2v) is 8.67. The fourth-order valence-corrected chi connectivity index (χ4v) is 4.27. The van der Waals surface area contributed by atoms with Crippen molar-refractivity contribution in [3.63, 3.8) is 0 Å². The molecular formula is C23H22ClN3O4S. The van der Waals surface area contributed by atoms with Gasteiger partial charge in [0.1, 0.15) is 12.3 Å². The van der Waals surface area contributed by atoms with Crippen molar-refractivity contribution in [1.82, 2.24) is 4.98 Å². The molecule has 7 nitrogen and oxygen atoms in total. The van der Waals surface area contributed by atoms with E-state index in [1.807, 2.05) is 23.6 Å². The van der Waals surface area contributed by atoms with Crippen molar-refractivity contribution < 1.29 is 19.1 Å². The van der Waals surface area contributed by atoms with Crippen LogP contribution in [0.25, 0.3) is 11.3 Å². The summed E-state index contributed by atoms with van der Waals surface area (Å²) < 4.78 is 10.9. The highest BCUT2D eigenvalue weighted by Gasteiger charge is 2.33. The minimum Gasteiger partial charge on any atom is -0.479 e. The monoisotopic (exact) mass is 471 g/mol. The van der Waals surface area contributed by atoms with E-state index < -0.39 is 6.10 Å². The maximum Gasteiger partial charge on any atom is 0.268 e. The van der Waals surface area contributed by atoms with Crippen molar-refractivity contribution >= 4 is 46.1 Å². The van der Waals surface area contributed by atoms with Gasteiger partial charge in [0.2, 0.25) is 5.91 Å². The van der Waals surface area contributed by atoms with Crippen LogP contribution in [0, 0.1) is 0 Å². The summed E-state index contributed by atoms with van der Waals surface area (Å²) in [5, 5.41) is 6.32. The molecule has 0 saturated carbocycles. The summed E-state index contributed by atoms with van der Waals surface area (Å²) in [6.07, 6.45) is 0.0546. The molecule has 0 fully saturated rings. The minimum absolute atomic E-state index is 0.137. The Morgan fingerprint density at radius 2 is 2.06 bits per heavy atom. The van der Waals surface area contributed by atoms with Gasteiger partial charge in [-0.05, 0) is 49.4 Å². The Hall–Kier alpha value is -2.94. The largest absolute Gasteiger partial charge is 0.479 e. The average Bonchev–Trinajstić information content (AvgIpc) is 3.26. The Kier molecular flexibility index (Phi) is 6.74. The average molecular weight is 472 g/mol. The molecular weight excluding hydrogens is 450 g/mol. The highest BCUT2D eigenvalue weighted by atomic mass is 35.5. The molecule has 1 aliphatic rings. The van der Waals surface area contributed by atoms with Crippen LogP contribution in [0.15, 0.2) is 47.8 Å². The lowest BCUT2D eigenvalue weighted by Gasteiger charge is -2.32. The van der Waals surface area contributed by atoms with E-state index >= 15 is 0 Å². The normalized spacial score (nSPS) is 15.3. The SMILES string of the molecule is COCCc1nc(-c2ccc3c(c2)N(CC(=O)Nc2ccc(Cl)cc2)C(=O)C(C)O3)cs1. The van der Waals surface area contributed by atoms with Gasteiger partial charge in [0.15, 0.2) is 6.10 Å². The summed E-state index contributed by atoms with van der Waals surface area (Å²) in [4.78, 5) is 31.7. The maximum atomic E-state index is 12.9. The standard InChI is InChI=1S/C23H22ClN3O4S/c1-14-23(29)27(12-21(28)25-17-6-4-16(24)5-7-17)19-11-15(3-8-20(19)31-14)18-13-32-22(26-18)9-10-30-2/h3-8,11,13-14H,9-10,12H2,1-2H3,(H,25,28). The van der Waals surface area contributed by atoms with Crippen LogP contribution < -0.4 is 15.0 Å². The van der Waals surface area contributed by atoms with E-state index in [-0.39, 0.29) is 18.4 Å². The highest BCUT2D eigenvalue weighted by Crippen LogP contribution is 2.37. The maximum absolute atomic E-state index is 12.9. The number of nitrogens with zero attached hydrogens (tertiary/aromatic N) is 2. The third-order valence-electron chi connectivity index (χ3n) is 4.96. The number of anilines is 2. The number of carbonyl (C=O) groups excluding carboxylic acids is 2. The molecule has 0 aliphatic carbocycles. The molecule has 0 spiro atoms. The Balaban J connectivity index is 1.57. The zero-order chi connectivity index (χ0) is 22.7. The molecule has 1 atom stereocenters. The van der Waals surface area contributed by atoms with Gasteiger partial charge < -0.3 is 14.8 Å². The Labute approximate surface area is 194 Å². The van der Waals surface area contributed by atoms with Gasteiger partial charge in [-0.25, -0.2) is 4.98 Å². The Bertz CT molecular complexity index is 1130. The molecule has 1 aromatic heterocycles. The summed E-state index contributed by atoms with van der Waals surface area (Å²) in [5.74, 6) is -0.0448. The Morgan fingerprint density at radius 3 is 2.81 bits per heavy atom. The first-order chi connectivity index (χ1) is 15.4. The predicted octanol–water partition coefficient (Wildman–Crippen LogP) is 4.41. The quantitative estimate of drug-likeness (QED) is 0.552. The van der Waals surface area contributed by atoms with Gasteiger partial charge in [-0.2, -0.15) is 0 Å². The summed E-state index contributed by atoms with van der Waals surface area (Å²) >= 11 is 7.46. The van der Waals surface area contributed by atoms with Gasteiger partial charge in [0.25, 0.3) is 5.91 Å². The lowest BCUT2D eigenvalue weighted by Crippen LogP contribution is -2.47. The van der Waals surface area contributed by atoms with Crippen LogP contribution in [0.5, 0.6) is 5.75 Å². The van der Waals surface area contributed by atoms with Crippen molar-refractivity contribution in [2.75, 3.05) is 30.5 Å². The molecule has 1 unspecified atom stereocenters. The van der Waals surface area contributed by atoms with E-state index in [1.54, 1.807) is 49.6 Å². The summed E-state index contributed by atoms with van der Waals surface area (Å²) in [7, 11) is 1.66. The zero-order valence-corrected chi connectivity index (χ0v) is 19.2. The van der Waals surface area contributed by atoms with Crippen LogP contribution in [0.3, 0.4) is 0 Å². The van der Waals surface area contributed by atoms with E-state index in [9.17, 15) is 9.59 Å². The van der Waals surface area contributed by atoms with Gasteiger partial charge in [-0.15, -0.1) is 11.3 Å². The molecule has 9 heteroatoms. The third-order valence-corrected chi connectivity index (χ3v) is 6.13. The minimum atomic E-state index is -0.684. The molecule has 1 aliphatic heterocycles. The smallest absolute Gasteiger partial charge is 0.268 e. The molecule has 1 N–H and O–H groups in total. The molecule has 166 valence electrons. The van der Waals surface area contributed by atoms with Crippen molar-refractivity contribution in [2.24, 2.45) is 0 Å². The van der Waals surface area contributed by atoms with E-state index in [4.69, 9.17) is 21.1 Å². The predicted molar refractivity (Wildman–Crippen MR) is 126 cm³/mol. The number of nitrogens with one attached hydrogen (secondary N) is 1. The van der Waals surface area contributed by atoms with Gasteiger partial charge >= 0.3 is 0 Å². The van der Waals surface area contributed by atoms with Gasteiger partial charge in [0.05, 0.1) is 23.0 Å². The molecule has 2 heterocycles. The molecule has 0 radical (unpaired) electrons. The topological polar surface area (TPSA) is 80.8 Å². The summed E-state index contributed by atoms with van der Waals surface area (Å²) in [6, 6.07) is 12.3. The van der Waals surface area contributed by atoms with Gasteiger partial charge in [-0.1, -0.05) is 11.6 Å². The second-order valence-electron chi connectivity index (χ2n) is 7.29. The Morgan fingerprint density at radius 1 is 1.28 bits per heavy atom. The number of hydrogen-bond donors (Lipinski definition) is 1. The van der Waals surface area contributed by atoms with Crippen LogP contribution in [0.1, 0.15) is 11.9 Å². The van der Waals surface area contributed by atoms with E-state index in [2.05, 4.69) is 10.3 Å². The van der Waals surface area contributed by atoms with E-state index in [0.717, 1.165) is 22.7 Å². The number of fused-ring (bicyclic) bond motifs is 1. The van der Waals surface area contributed by atoms with Crippen LogP contribution in [-0.2, 0) is 20.7 Å². The number of amides is 2. The molecule has 2 amide bonds. The lowest BCUT2D eigenvalue weighted by molar-refractivity contribution is -0.127. The number of halogens is 1. The number of methoxy groups -OCH3 is 1. The van der Waals surface area contributed by atoms with Crippen molar-refractivity contribution in [3.8, 4) is 17.0 Å². The molecule has 0 saturated heterocycles. The number of carbonyl (C=O) groups is 2. The first-order valence-corrected chi connectivity index (χ1v) is 11.3. The number of rotatable bonds is 7. The number of benzene rings is 2. The molecule has 2 aromatic carbocycles. The summed E-state index contributed by atoms with van der Waals surface area (Å²) in [6.45, 7) is 2.14. The fourth-order valence-electron chi connectivity index (χ4n) is 3.35. The number of hydrogen-bond acceptors (Lipinski definition) is 6. The molecule has 4 rings (SSSR count). The summed E-state index contributed by atoms with van der Waals surface area (Å²) in [5.41, 5.74) is 2.80. The molecule has 3 aromatic rings. The fraction of sp³-hybridized carbons (Fsp3) is 0.261. The van der Waals surface area contributed by atoms with Crippen LogP contribution >= 0.6 is 22.9 Å². The lowest BCUT2D eigenvalue weighted by atomic mass is 10.1.